The average molecular weight is 812 g/mol. The highest BCUT2D eigenvalue weighted by Gasteiger charge is 2.59. The number of carboxylic acid groups (broad SMARTS) is 1. The van der Waals surface area contributed by atoms with Crippen molar-refractivity contribution in [1.82, 2.24) is 10.2 Å². The van der Waals surface area contributed by atoms with Gasteiger partial charge in [0.1, 0.15) is 18.1 Å². The number of Topliss-reactive ketones (excluding diaryl/α,β-unsaturated/α-hetero) is 1. The van der Waals surface area contributed by atoms with E-state index in [1.54, 1.807) is 0 Å². The third kappa shape index (κ3) is 22.2. The molecule has 0 bridgehead atoms. The molecular weight excluding hydrogens is 727 g/mol. The maximum atomic E-state index is 14.1. The van der Waals surface area contributed by atoms with Crippen LogP contribution in [0.25, 0.3) is 0 Å². The van der Waals surface area contributed by atoms with Gasteiger partial charge in [0.2, 0.25) is 17.7 Å². The number of nitrogens with zero attached hydrogens (tertiary/aromatic N) is 1. The molecular formula is C45H85N3O9. The number of ketones is 1. The lowest BCUT2D eigenvalue weighted by molar-refractivity contribution is -0.291. The molecule has 7 N–H and O–H groups in total. The van der Waals surface area contributed by atoms with Crippen LogP contribution in [0.2, 0.25) is 0 Å². The van der Waals surface area contributed by atoms with Crippen LogP contribution in [0.15, 0.2) is 0 Å². The molecule has 0 saturated carbocycles. The molecule has 0 radical (unpaired) electrons. The van der Waals surface area contributed by atoms with Crippen LogP contribution >= 0.6 is 0 Å². The van der Waals surface area contributed by atoms with E-state index in [1.807, 2.05) is 0 Å². The molecule has 0 unspecified atom stereocenters. The number of carbonyl (C=O) groups excluding carboxylic acids is 3. The fourth-order valence-corrected chi connectivity index (χ4v) is 8.06. The zero-order valence-electron chi connectivity index (χ0n) is 36.4. The Hall–Kier alpha value is -2.12. The number of hydrogen-bond donors (Lipinski definition) is 6. The first kappa shape index (κ1) is 52.9. The van der Waals surface area contributed by atoms with Crippen LogP contribution in [0.4, 0.5) is 0 Å². The Labute approximate surface area is 345 Å². The zero-order chi connectivity index (χ0) is 42.3. The Morgan fingerprint density at radius 3 is 1.44 bits per heavy atom. The van der Waals surface area contributed by atoms with Gasteiger partial charge in [-0.1, -0.05) is 174 Å². The van der Waals surface area contributed by atoms with Gasteiger partial charge >= 0.3 is 5.97 Å². The lowest BCUT2D eigenvalue weighted by Gasteiger charge is -2.53. The van der Waals surface area contributed by atoms with Gasteiger partial charge in [-0.25, -0.2) is 0 Å². The third-order valence-electron chi connectivity index (χ3n) is 11.7. The number of nitrogens with one attached hydrogen (secondary N) is 1. The number of carboxylic acids is 1. The number of ether oxygens (including phenoxy) is 1. The van der Waals surface area contributed by atoms with Gasteiger partial charge in [0, 0.05) is 19.4 Å². The van der Waals surface area contributed by atoms with E-state index in [4.69, 9.17) is 15.6 Å². The Morgan fingerprint density at radius 2 is 1.04 bits per heavy atom. The second-order valence-corrected chi connectivity index (χ2v) is 16.8. The summed E-state index contributed by atoms with van der Waals surface area (Å²) in [6, 6.07) is -1.24. The predicted molar refractivity (Wildman–Crippen MR) is 226 cm³/mol. The molecule has 1 aliphatic rings. The summed E-state index contributed by atoms with van der Waals surface area (Å²) in [5.41, 5.74) is 6.92. The van der Waals surface area contributed by atoms with Crippen molar-refractivity contribution in [1.29, 1.82) is 0 Å². The number of carbonyl (C=O) groups is 4. The lowest BCUT2D eigenvalue weighted by atomic mass is 9.80. The fraction of sp³-hybridized carbons (Fsp3) is 0.911. The summed E-state index contributed by atoms with van der Waals surface area (Å²) in [5.74, 6) is -6.84. The van der Waals surface area contributed by atoms with Crippen molar-refractivity contribution in [2.75, 3.05) is 13.2 Å². The first-order valence-corrected chi connectivity index (χ1v) is 23.2. The van der Waals surface area contributed by atoms with Crippen LogP contribution < -0.4 is 11.1 Å². The molecule has 1 rings (SSSR count). The lowest BCUT2D eigenvalue weighted by Crippen LogP contribution is -2.76. The summed E-state index contributed by atoms with van der Waals surface area (Å²) < 4.78 is 6.05. The highest BCUT2D eigenvalue weighted by molar-refractivity contribution is 5.92. The first-order valence-electron chi connectivity index (χ1n) is 23.2. The van der Waals surface area contributed by atoms with Gasteiger partial charge in [0.05, 0.1) is 25.2 Å². The number of nitrogens with two attached hydrogens (primary N) is 1. The minimum absolute atomic E-state index is 0.148. The maximum Gasteiger partial charge on any atom is 0.303 e. The van der Waals surface area contributed by atoms with E-state index in [9.17, 15) is 34.5 Å². The molecule has 12 heteroatoms. The molecule has 0 spiro atoms. The van der Waals surface area contributed by atoms with E-state index in [0.29, 0.717) is 12.8 Å². The Kier molecular flexibility index (Phi) is 30.3. The van der Waals surface area contributed by atoms with Gasteiger partial charge in [-0.2, -0.15) is 0 Å². The van der Waals surface area contributed by atoms with Gasteiger partial charge in [-0.05, 0) is 19.8 Å². The Morgan fingerprint density at radius 1 is 0.632 bits per heavy atom. The molecule has 1 aliphatic heterocycles. The number of aliphatic hydroxyl groups excluding tert-OH is 3. The number of aliphatic carboxylic acids is 1. The number of amides is 2. The topological polar surface area (TPSA) is 200 Å². The van der Waals surface area contributed by atoms with Gasteiger partial charge in [-0.3, -0.25) is 24.9 Å². The summed E-state index contributed by atoms with van der Waals surface area (Å²) in [6.45, 7) is 5.29. The van der Waals surface area contributed by atoms with Gasteiger partial charge in [0.15, 0.2) is 5.78 Å². The quantitative estimate of drug-likeness (QED) is 0.0263. The molecule has 1 heterocycles. The minimum atomic E-state index is -2.21. The Balaban J connectivity index is 2.89. The molecule has 0 aliphatic carbocycles. The largest absolute Gasteiger partial charge is 0.481 e. The number of hydrogen-bond acceptors (Lipinski definition) is 9. The molecule has 2 amide bonds. The molecule has 6 atom stereocenters. The minimum Gasteiger partial charge on any atom is -0.481 e. The third-order valence-corrected chi connectivity index (χ3v) is 11.7. The number of rotatable bonds is 37. The van der Waals surface area contributed by atoms with E-state index < -0.39 is 66.8 Å². The van der Waals surface area contributed by atoms with E-state index in [0.717, 1.165) is 44.9 Å². The van der Waals surface area contributed by atoms with E-state index in [2.05, 4.69) is 19.2 Å². The van der Waals surface area contributed by atoms with Crippen molar-refractivity contribution in [3.63, 3.8) is 0 Å². The second-order valence-electron chi connectivity index (χ2n) is 16.8. The molecule has 57 heavy (non-hydrogen) atoms. The normalized spacial score (nSPS) is 21.3. The standard InChI is InChI=1S/C45H85N3O9/c1-4-6-8-10-12-14-16-18-19-20-21-23-25-27-29-31-39(51)48(34-30-28-26-24-22-17-15-13-11-9-7-5-2)45(46)41(44(56)43(55)37(35-49)57-45)42(54)36(3)47-38(50)32-33-40(52)53/h36-37,41,43-44,49,55-56H,4-35,46H2,1-3H3,(H,47,50)(H,52,53)/t36-,37+,41+,43+,44+,45-/m0/s1. The van der Waals surface area contributed by atoms with Crippen molar-refractivity contribution < 1.29 is 44.3 Å². The monoisotopic (exact) mass is 812 g/mol. The molecule has 1 saturated heterocycles. The maximum absolute atomic E-state index is 14.1. The van der Waals surface area contributed by atoms with E-state index in [-0.39, 0.29) is 25.3 Å². The summed E-state index contributed by atoms with van der Waals surface area (Å²) in [5, 5.41) is 43.7. The zero-order valence-corrected chi connectivity index (χ0v) is 36.4. The average Bonchev–Trinajstić information content (AvgIpc) is 3.18. The van der Waals surface area contributed by atoms with Crippen molar-refractivity contribution in [3.05, 3.63) is 0 Å². The number of unbranched alkanes of at least 4 members (excludes halogenated alkanes) is 25. The molecule has 0 aromatic rings. The SMILES string of the molecule is CCCCCCCCCCCCCCCCCC(=O)N(CCCCCCCCCCCCCC)[C@]1(N)O[C@H](CO)[C@@H](O)[C@H](O)[C@H]1C(=O)[C@H](C)NC(=O)CCC(=O)O. The predicted octanol–water partition coefficient (Wildman–Crippen LogP) is 8.06. The second kappa shape index (κ2) is 32.7. The van der Waals surface area contributed by atoms with Crippen molar-refractivity contribution in [2.45, 2.75) is 244 Å². The highest BCUT2D eigenvalue weighted by Crippen LogP contribution is 2.36. The van der Waals surface area contributed by atoms with Crippen LogP contribution in [0.5, 0.6) is 0 Å². The first-order chi connectivity index (χ1) is 27.4. The van der Waals surface area contributed by atoms with Gasteiger partial charge in [0.25, 0.3) is 0 Å². The summed E-state index contributed by atoms with van der Waals surface area (Å²) in [4.78, 5) is 52.8. The van der Waals surface area contributed by atoms with Crippen LogP contribution in [0, 0.1) is 5.92 Å². The van der Waals surface area contributed by atoms with Gasteiger partial charge in [-0.15, -0.1) is 0 Å². The van der Waals surface area contributed by atoms with Crippen LogP contribution in [0.3, 0.4) is 0 Å². The summed E-state index contributed by atoms with van der Waals surface area (Å²) in [7, 11) is 0. The van der Waals surface area contributed by atoms with Crippen molar-refractivity contribution in [2.24, 2.45) is 11.7 Å². The van der Waals surface area contributed by atoms with Crippen LogP contribution in [0.1, 0.15) is 213 Å². The van der Waals surface area contributed by atoms with Crippen LogP contribution in [-0.4, -0.2) is 92.2 Å². The molecule has 1 fully saturated rings. The van der Waals surface area contributed by atoms with E-state index >= 15 is 0 Å². The summed E-state index contributed by atoms with van der Waals surface area (Å²) >= 11 is 0. The molecule has 0 aromatic heterocycles. The number of aliphatic hydroxyl groups is 3. The smallest absolute Gasteiger partial charge is 0.303 e. The van der Waals surface area contributed by atoms with Crippen molar-refractivity contribution >= 4 is 23.6 Å². The molecule has 334 valence electrons. The fourth-order valence-electron chi connectivity index (χ4n) is 8.06. The van der Waals surface area contributed by atoms with Crippen LogP contribution in [-0.2, 0) is 23.9 Å². The highest BCUT2D eigenvalue weighted by atomic mass is 16.6. The van der Waals surface area contributed by atoms with E-state index in [1.165, 1.54) is 127 Å². The van der Waals surface area contributed by atoms with Gasteiger partial charge < -0.3 is 35.4 Å². The Bertz CT molecular complexity index is 1080. The summed E-state index contributed by atoms with van der Waals surface area (Å²) in [6.07, 6.45) is 25.8. The van der Waals surface area contributed by atoms with Crippen molar-refractivity contribution in [3.8, 4) is 0 Å². The molecule has 0 aromatic carbocycles. The molecule has 12 nitrogen and oxygen atoms in total.